The first-order valence-corrected chi connectivity index (χ1v) is 14.8. The number of oxime groups is 1. The lowest BCUT2D eigenvalue weighted by atomic mass is 10.0. The lowest BCUT2D eigenvalue weighted by Gasteiger charge is -2.49. The van der Waals surface area contributed by atoms with Gasteiger partial charge in [0.15, 0.2) is 5.13 Å². The highest BCUT2D eigenvalue weighted by Gasteiger charge is 2.54. The summed E-state index contributed by atoms with van der Waals surface area (Å²) in [6.07, 6.45) is 6.23. The number of rotatable bonds is 9. The van der Waals surface area contributed by atoms with Gasteiger partial charge in [-0.1, -0.05) is 23.2 Å². The molecule has 1 fully saturated rings. The van der Waals surface area contributed by atoms with Crippen LogP contribution in [0.3, 0.4) is 0 Å². The smallest absolute Gasteiger partial charge is 0.352 e. The summed E-state index contributed by atoms with van der Waals surface area (Å²) in [5.74, 6) is -1.57. The molecule has 17 heteroatoms. The van der Waals surface area contributed by atoms with Crippen LogP contribution in [0.1, 0.15) is 25.1 Å². The molecule has 13 nitrogen and oxygen atoms in total. The molecule has 3 aliphatic heterocycles. The SMILES string of the molecule is Nc1nc(C(=NOC2C=CCCC2)C(=O)NC2C(=O)N3C(C(=O)O)=C(CSN4CN=CS4)CS[C@@H]23)ns1. The standard InChI is InChI=1S/C20H22N8O5S4/c21-20-24-15(26-37-20)12(25-33-11-4-2-1-3-5-11)16(29)23-13-17(30)28-14(19(31)32)10(6-34-18(13)28)7-35-27-8-22-9-36-27/h2,4,9,11,13,18H,1,3,5-8H2,(H,23,29)(H,31,32)(H2,21,24,26)/t11?,13?,18-/m0/s1. The highest BCUT2D eigenvalue weighted by Crippen LogP contribution is 2.41. The molecule has 4 heterocycles. The number of carboxylic acid groups (broad SMARTS) is 1. The minimum absolute atomic E-state index is 0.00564. The van der Waals surface area contributed by atoms with Gasteiger partial charge in [0, 0.05) is 23.0 Å². The Bertz CT molecular complexity index is 1210. The molecular weight excluding hydrogens is 561 g/mol. The van der Waals surface area contributed by atoms with Crippen LogP contribution >= 0.6 is 47.2 Å². The number of carboxylic acids is 1. The average Bonchev–Trinajstić information content (AvgIpc) is 3.58. The summed E-state index contributed by atoms with van der Waals surface area (Å²) < 4.78 is 5.99. The summed E-state index contributed by atoms with van der Waals surface area (Å²) in [5, 5.41) is 16.2. The number of fused-ring (bicyclic) bond motifs is 1. The van der Waals surface area contributed by atoms with E-state index < -0.39 is 29.2 Å². The quantitative estimate of drug-likeness (QED) is 0.125. The van der Waals surface area contributed by atoms with Crippen LogP contribution in [0.2, 0.25) is 0 Å². The number of nitrogens with zero attached hydrogens (tertiary/aromatic N) is 6. The van der Waals surface area contributed by atoms with Gasteiger partial charge in [-0.05, 0) is 42.9 Å². The molecule has 1 aromatic rings. The number of β-lactam (4-membered cyclic amide) rings is 1. The number of nitrogens with two attached hydrogens (primary N) is 1. The van der Waals surface area contributed by atoms with E-state index in [1.165, 1.54) is 40.6 Å². The average molecular weight is 583 g/mol. The zero-order chi connectivity index (χ0) is 25.9. The Morgan fingerprint density at radius 3 is 2.95 bits per heavy atom. The van der Waals surface area contributed by atoms with Crippen LogP contribution < -0.4 is 11.1 Å². The van der Waals surface area contributed by atoms with Crippen molar-refractivity contribution in [3.8, 4) is 0 Å². The molecule has 2 amide bonds. The van der Waals surface area contributed by atoms with Crippen molar-refractivity contribution in [1.82, 2.24) is 23.3 Å². The molecule has 3 atom stereocenters. The third-order valence-corrected chi connectivity index (χ3v) is 9.65. The summed E-state index contributed by atoms with van der Waals surface area (Å²) in [6, 6.07) is -0.931. The molecule has 2 unspecified atom stereocenters. The maximum absolute atomic E-state index is 13.2. The fraction of sp³-hybridized carbons (Fsp3) is 0.450. The number of amides is 2. The minimum Gasteiger partial charge on any atom is -0.477 e. The summed E-state index contributed by atoms with van der Waals surface area (Å²) >= 11 is 5.18. The molecule has 0 bridgehead atoms. The van der Waals surface area contributed by atoms with E-state index in [1.807, 2.05) is 15.9 Å². The Balaban J connectivity index is 1.29. The van der Waals surface area contributed by atoms with E-state index in [1.54, 1.807) is 5.55 Å². The molecular formula is C20H22N8O5S4. The normalized spacial score (nSPS) is 25.7. The molecule has 196 valence electrons. The van der Waals surface area contributed by atoms with Gasteiger partial charge < -0.3 is 21.0 Å². The molecule has 0 saturated carbocycles. The van der Waals surface area contributed by atoms with Crippen molar-refractivity contribution in [2.24, 2.45) is 10.1 Å². The van der Waals surface area contributed by atoms with Crippen LogP contribution in [0, 0.1) is 0 Å². The zero-order valence-electron chi connectivity index (χ0n) is 19.2. The number of thioether (sulfide) groups is 1. The van der Waals surface area contributed by atoms with Crippen molar-refractivity contribution in [2.75, 3.05) is 23.9 Å². The Kier molecular flexibility index (Phi) is 8.04. The van der Waals surface area contributed by atoms with Gasteiger partial charge in [-0.15, -0.1) is 11.8 Å². The summed E-state index contributed by atoms with van der Waals surface area (Å²) in [5.41, 5.74) is 7.82. The number of anilines is 1. The van der Waals surface area contributed by atoms with Gasteiger partial charge in [-0.2, -0.15) is 13.1 Å². The van der Waals surface area contributed by atoms with Gasteiger partial charge in [-0.25, -0.2) is 4.79 Å². The Labute approximate surface area is 228 Å². The topological polar surface area (TPSA) is 176 Å². The van der Waals surface area contributed by atoms with Crippen molar-refractivity contribution < 1.29 is 24.3 Å². The van der Waals surface area contributed by atoms with E-state index in [-0.39, 0.29) is 28.5 Å². The monoisotopic (exact) mass is 582 g/mol. The van der Waals surface area contributed by atoms with Crippen molar-refractivity contribution in [3.63, 3.8) is 0 Å². The second-order valence-electron chi connectivity index (χ2n) is 8.16. The fourth-order valence-corrected chi connectivity index (χ4v) is 7.43. The molecule has 4 aliphatic rings. The molecule has 1 saturated heterocycles. The van der Waals surface area contributed by atoms with Crippen LogP contribution in [0.25, 0.3) is 0 Å². The first-order valence-electron chi connectivity index (χ1n) is 11.2. The molecule has 1 aliphatic carbocycles. The van der Waals surface area contributed by atoms with Gasteiger partial charge in [0.2, 0.25) is 11.5 Å². The molecule has 1 aromatic heterocycles. The largest absolute Gasteiger partial charge is 0.477 e. The number of aliphatic imine (C=N–C) groups is 1. The molecule has 0 radical (unpaired) electrons. The van der Waals surface area contributed by atoms with Crippen LogP contribution in [0.15, 0.2) is 33.6 Å². The number of aromatic nitrogens is 2. The van der Waals surface area contributed by atoms with Crippen LogP contribution in [0.5, 0.6) is 0 Å². The lowest BCUT2D eigenvalue weighted by molar-refractivity contribution is -0.150. The van der Waals surface area contributed by atoms with Gasteiger partial charge in [0.25, 0.3) is 11.8 Å². The highest BCUT2D eigenvalue weighted by molar-refractivity contribution is 8.19. The third kappa shape index (κ3) is 5.64. The van der Waals surface area contributed by atoms with Gasteiger partial charge in [-0.3, -0.25) is 19.5 Å². The molecule has 4 N–H and O–H groups in total. The number of nitrogen functional groups attached to an aromatic ring is 1. The second-order valence-corrected chi connectivity index (χ2v) is 12.1. The minimum atomic E-state index is -1.18. The number of carbonyl (C=O) groups excluding carboxylic acids is 2. The van der Waals surface area contributed by atoms with Crippen molar-refractivity contribution in [1.29, 1.82) is 0 Å². The Morgan fingerprint density at radius 2 is 2.27 bits per heavy atom. The molecule has 5 rings (SSSR count). The van der Waals surface area contributed by atoms with Gasteiger partial charge >= 0.3 is 5.97 Å². The van der Waals surface area contributed by atoms with E-state index in [4.69, 9.17) is 10.6 Å². The Hall–Kier alpha value is -2.60. The summed E-state index contributed by atoms with van der Waals surface area (Å²) in [7, 11) is 0. The first-order chi connectivity index (χ1) is 17.9. The van der Waals surface area contributed by atoms with Gasteiger partial charge in [0.05, 0.1) is 5.55 Å². The fourth-order valence-electron chi connectivity index (χ4n) is 3.95. The predicted molar refractivity (Wildman–Crippen MR) is 144 cm³/mol. The number of nitrogens with one attached hydrogen (secondary N) is 1. The second kappa shape index (κ2) is 11.4. The number of allylic oxidation sites excluding steroid dienone is 1. The van der Waals surface area contributed by atoms with Gasteiger partial charge in [0.1, 0.15) is 29.9 Å². The number of hydrogen-bond acceptors (Lipinski definition) is 14. The summed E-state index contributed by atoms with van der Waals surface area (Å²) in [6.45, 7) is 0.516. The lowest BCUT2D eigenvalue weighted by Crippen LogP contribution is -2.71. The van der Waals surface area contributed by atoms with E-state index in [0.29, 0.717) is 23.7 Å². The van der Waals surface area contributed by atoms with Crippen molar-refractivity contribution in [3.05, 3.63) is 29.2 Å². The zero-order valence-corrected chi connectivity index (χ0v) is 22.4. The number of aliphatic carboxylic acids is 1. The van der Waals surface area contributed by atoms with E-state index in [0.717, 1.165) is 30.8 Å². The van der Waals surface area contributed by atoms with E-state index >= 15 is 0 Å². The highest BCUT2D eigenvalue weighted by atomic mass is 32.2. The molecule has 0 spiro atoms. The summed E-state index contributed by atoms with van der Waals surface area (Å²) in [4.78, 5) is 53.3. The first kappa shape index (κ1) is 26.0. The third-order valence-electron chi connectivity index (χ3n) is 5.71. The predicted octanol–water partition coefficient (Wildman–Crippen LogP) is 1.29. The Morgan fingerprint density at radius 1 is 1.41 bits per heavy atom. The number of hydrogen-bond donors (Lipinski definition) is 3. The van der Waals surface area contributed by atoms with Crippen molar-refractivity contribution in [2.45, 2.75) is 36.8 Å². The number of carbonyl (C=O) groups is 3. The molecule has 0 aromatic carbocycles. The van der Waals surface area contributed by atoms with Crippen LogP contribution in [-0.4, -0.2) is 87.8 Å². The molecule has 37 heavy (non-hydrogen) atoms. The maximum atomic E-state index is 13.2. The van der Waals surface area contributed by atoms with Crippen LogP contribution in [0.4, 0.5) is 5.13 Å². The van der Waals surface area contributed by atoms with Crippen LogP contribution in [-0.2, 0) is 19.2 Å². The van der Waals surface area contributed by atoms with E-state index in [2.05, 4.69) is 24.8 Å². The van der Waals surface area contributed by atoms with Crippen molar-refractivity contribution >= 4 is 81.4 Å². The maximum Gasteiger partial charge on any atom is 0.352 e. The van der Waals surface area contributed by atoms with E-state index in [9.17, 15) is 19.5 Å².